The Hall–Kier alpha value is -3.78. The fourth-order valence-corrected chi connectivity index (χ4v) is 5.50. The highest BCUT2D eigenvalue weighted by Gasteiger charge is 2.51. The van der Waals surface area contributed by atoms with E-state index in [1.54, 1.807) is 18.7 Å². The summed E-state index contributed by atoms with van der Waals surface area (Å²) in [4.78, 5) is 26.8. The number of rotatable bonds is 8. The molecular weight excluding hydrogens is 480 g/mol. The van der Waals surface area contributed by atoms with Crippen LogP contribution in [0.2, 0.25) is 0 Å². The molecule has 8 nitrogen and oxygen atoms in total. The quantitative estimate of drug-likeness (QED) is 0.453. The van der Waals surface area contributed by atoms with Crippen LogP contribution in [0.1, 0.15) is 69.3 Å². The molecule has 38 heavy (non-hydrogen) atoms. The SMILES string of the molecule is CC(c1ccc(-c2ccc(C3(C(N)=O)CC3)nn2)cc1)N1CCC(CC(C)(C)O)(c2ccccc2)OC1=O. The summed E-state index contributed by atoms with van der Waals surface area (Å²) in [5, 5.41) is 19.2. The summed E-state index contributed by atoms with van der Waals surface area (Å²) in [5.41, 5.74) is 7.08. The number of cyclic esters (lactones) is 1. The number of ether oxygens (including phenoxy) is 1. The molecule has 2 fully saturated rings. The summed E-state index contributed by atoms with van der Waals surface area (Å²) in [6, 6.07) is 21.0. The molecule has 1 aliphatic heterocycles. The minimum absolute atomic E-state index is 0.203. The Labute approximate surface area is 222 Å². The van der Waals surface area contributed by atoms with Gasteiger partial charge in [-0.05, 0) is 56.9 Å². The van der Waals surface area contributed by atoms with Crippen LogP contribution in [0.5, 0.6) is 0 Å². The molecule has 3 N–H and O–H groups in total. The highest BCUT2D eigenvalue weighted by Crippen LogP contribution is 2.47. The second-order valence-electron chi connectivity index (χ2n) is 11.2. The Morgan fingerprint density at radius 1 is 1.05 bits per heavy atom. The molecule has 0 spiro atoms. The van der Waals surface area contributed by atoms with E-state index in [4.69, 9.17) is 10.5 Å². The number of aromatic nitrogens is 2. The molecule has 0 bridgehead atoms. The van der Waals surface area contributed by atoms with Gasteiger partial charge in [-0.15, -0.1) is 0 Å². The molecule has 198 valence electrons. The molecule has 8 heteroatoms. The molecule has 2 amide bonds. The molecule has 1 saturated heterocycles. The molecule has 2 aliphatic rings. The molecule has 1 aliphatic carbocycles. The number of carbonyl (C=O) groups excluding carboxylic acids is 2. The Morgan fingerprint density at radius 3 is 2.26 bits per heavy atom. The number of nitrogens with zero attached hydrogens (tertiary/aromatic N) is 3. The van der Waals surface area contributed by atoms with Gasteiger partial charge in [-0.25, -0.2) is 4.79 Å². The molecule has 0 radical (unpaired) electrons. The molecular formula is C30H34N4O4. The van der Waals surface area contributed by atoms with Crippen molar-refractivity contribution in [3.63, 3.8) is 0 Å². The number of nitrogens with two attached hydrogens (primary N) is 1. The fraction of sp³-hybridized carbons (Fsp3) is 0.400. The lowest BCUT2D eigenvalue weighted by Crippen LogP contribution is -2.51. The number of aliphatic hydroxyl groups is 1. The fourth-order valence-electron chi connectivity index (χ4n) is 5.50. The monoisotopic (exact) mass is 514 g/mol. The van der Waals surface area contributed by atoms with Crippen LogP contribution in [0.15, 0.2) is 66.7 Å². The van der Waals surface area contributed by atoms with Crippen LogP contribution >= 0.6 is 0 Å². The molecule has 5 rings (SSSR count). The summed E-state index contributed by atoms with van der Waals surface area (Å²) >= 11 is 0. The predicted molar refractivity (Wildman–Crippen MR) is 143 cm³/mol. The van der Waals surface area contributed by atoms with Crippen molar-refractivity contribution in [3.8, 4) is 11.3 Å². The van der Waals surface area contributed by atoms with Crippen LogP contribution in [-0.4, -0.2) is 44.4 Å². The van der Waals surface area contributed by atoms with Crippen molar-refractivity contribution in [2.75, 3.05) is 6.54 Å². The second-order valence-corrected chi connectivity index (χ2v) is 11.2. The zero-order valence-electron chi connectivity index (χ0n) is 22.1. The lowest BCUT2D eigenvalue weighted by molar-refractivity contribution is -0.120. The van der Waals surface area contributed by atoms with Crippen LogP contribution in [0, 0.1) is 0 Å². The van der Waals surface area contributed by atoms with E-state index in [0.717, 1.165) is 16.7 Å². The van der Waals surface area contributed by atoms with E-state index in [1.807, 2.05) is 73.7 Å². The lowest BCUT2D eigenvalue weighted by Gasteiger charge is -2.45. The minimum atomic E-state index is -1.00. The number of hydrogen-bond donors (Lipinski definition) is 2. The highest BCUT2D eigenvalue weighted by atomic mass is 16.6. The van der Waals surface area contributed by atoms with E-state index in [0.29, 0.717) is 43.6 Å². The molecule has 2 aromatic carbocycles. The average Bonchev–Trinajstić information content (AvgIpc) is 3.71. The third kappa shape index (κ3) is 4.88. The zero-order chi connectivity index (χ0) is 27.1. The first-order valence-electron chi connectivity index (χ1n) is 13.1. The van der Waals surface area contributed by atoms with Crippen LogP contribution in [0.4, 0.5) is 4.79 Å². The lowest BCUT2D eigenvalue weighted by atomic mass is 9.80. The van der Waals surface area contributed by atoms with Gasteiger partial charge in [-0.2, -0.15) is 10.2 Å². The van der Waals surface area contributed by atoms with E-state index in [1.165, 1.54) is 0 Å². The highest BCUT2D eigenvalue weighted by molar-refractivity contribution is 5.89. The van der Waals surface area contributed by atoms with Crippen molar-refractivity contribution >= 4 is 12.0 Å². The molecule has 1 aromatic heterocycles. The van der Waals surface area contributed by atoms with E-state index in [2.05, 4.69) is 10.2 Å². The van der Waals surface area contributed by atoms with Gasteiger partial charge in [0.05, 0.1) is 28.4 Å². The largest absolute Gasteiger partial charge is 0.438 e. The minimum Gasteiger partial charge on any atom is -0.438 e. The molecule has 3 aromatic rings. The summed E-state index contributed by atoms with van der Waals surface area (Å²) in [6.45, 7) is 5.96. The van der Waals surface area contributed by atoms with Crippen molar-refractivity contribution in [1.82, 2.24) is 15.1 Å². The summed E-state index contributed by atoms with van der Waals surface area (Å²) in [7, 11) is 0. The van der Waals surface area contributed by atoms with Gasteiger partial charge >= 0.3 is 6.09 Å². The summed E-state index contributed by atoms with van der Waals surface area (Å²) in [5.74, 6) is -0.352. The summed E-state index contributed by atoms with van der Waals surface area (Å²) < 4.78 is 6.12. The van der Waals surface area contributed by atoms with Crippen molar-refractivity contribution in [3.05, 3.63) is 83.6 Å². The van der Waals surface area contributed by atoms with Gasteiger partial charge in [0, 0.05) is 24.9 Å². The van der Waals surface area contributed by atoms with E-state index in [9.17, 15) is 14.7 Å². The Morgan fingerprint density at radius 2 is 1.74 bits per heavy atom. The maximum Gasteiger partial charge on any atom is 0.411 e. The van der Waals surface area contributed by atoms with Gasteiger partial charge in [0.1, 0.15) is 5.60 Å². The van der Waals surface area contributed by atoms with Gasteiger partial charge in [0.2, 0.25) is 5.91 Å². The molecule has 1 saturated carbocycles. The van der Waals surface area contributed by atoms with Crippen LogP contribution < -0.4 is 5.73 Å². The topological polar surface area (TPSA) is 119 Å². The van der Waals surface area contributed by atoms with Gasteiger partial charge in [0.25, 0.3) is 0 Å². The van der Waals surface area contributed by atoms with Crippen LogP contribution in [0.3, 0.4) is 0 Å². The van der Waals surface area contributed by atoms with Gasteiger partial charge in [0.15, 0.2) is 0 Å². The van der Waals surface area contributed by atoms with Crippen LogP contribution in [0.25, 0.3) is 11.3 Å². The number of amides is 2. The number of primary amides is 1. The molecule has 2 heterocycles. The first-order chi connectivity index (χ1) is 18.0. The smallest absolute Gasteiger partial charge is 0.411 e. The average molecular weight is 515 g/mol. The predicted octanol–water partition coefficient (Wildman–Crippen LogP) is 4.62. The van der Waals surface area contributed by atoms with Gasteiger partial charge < -0.3 is 20.5 Å². The normalized spacial score (nSPS) is 21.5. The van der Waals surface area contributed by atoms with Crippen molar-refractivity contribution in [1.29, 1.82) is 0 Å². The van der Waals surface area contributed by atoms with Crippen LogP contribution in [-0.2, 0) is 20.5 Å². The van der Waals surface area contributed by atoms with E-state index < -0.39 is 22.7 Å². The second kappa shape index (κ2) is 9.51. The van der Waals surface area contributed by atoms with Gasteiger partial charge in [-0.1, -0.05) is 54.6 Å². The molecule has 2 unspecified atom stereocenters. The maximum absolute atomic E-state index is 13.3. The van der Waals surface area contributed by atoms with E-state index in [-0.39, 0.29) is 11.9 Å². The van der Waals surface area contributed by atoms with Crippen molar-refractivity contribution < 1.29 is 19.4 Å². The number of benzene rings is 2. The first-order valence-corrected chi connectivity index (χ1v) is 13.1. The van der Waals surface area contributed by atoms with Crippen molar-refractivity contribution in [2.45, 2.75) is 69.1 Å². The Bertz CT molecular complexity index is 1320. The Balaban J connectivity index is 1.30. The summed E-state index contributed by atoms with van der Waals surface area (Å²) in [6.07, 6.45) is 1.92. The number of hydrogen-bond acceptors (Lipinski definition) is 6. The van der Waals surface area contributed by atoms with Crippen molar-refractivity contribution in [2.24, 2.45) is 5.73 Å². The third-order valence-electron chi connectivity index (χ3n) is 7.82. The maximum atomic E-state index is 13.3. The van der Waals surface area contributed by atoms with Gasteiger partial charge in [-0.3, -0.25) is 4.79 Å². The third-order valence-corrected chi connectivity index (χ3v) is 7.82. The number of carbonyl (C=O) groups is 2. The zero-order valence-corrected chi connectivity index (χ0v) is 22.1. The molecule has 2 atom stereocenters. The Kier molecular flexibility index (Phi) is 6.47. The van der Waals surface area contributed by atoms with E-state index >= 15 is 0 Å². The standard InChI is InChI=1S/C30H34N4O4/c1-20(34-18-17-30(38-27(34)36,19-28(2,3)37)23-7-5-4-6-8-23)21-9-11-22(12-10-21)24-13-14-25(33-32-24)29(15-16-29)26(31)35/h4-14,20,37H,15-19H2,1-3H3,(H2,31,35). The first kappa shape index (κ1) is 25.9.